The normalized spacial score (nSPS) is 14.9. The fourth-order valence-corrected chi connectivity index (χ4v) is 3.55. The van der Waals surface area contributed by atoms with Crippen LogP contribution in [-0.2, 0) is 11.2 Å². The van der Waals surface area contributed by atoms with Crippen LogP contribution in [0.5, 0.6) is 11.5 Å². The van der Waals surface area contributed by atoms with E-state index in [9.17, 15) is 4.79 Å². The van der Waals surface area contributed by atoms with Gasteiger partial charge >= 0.3 is 0 Å². The summed E-state index contributed by atoms with van der Waals surface area (Å²) in [6, 6.07) is 5.92. The fraction of sp³-hybridized carbons (Fsp3) is 0.636. The van der Waals surface area contributed by atoms with Crippen molar-refractivity contribution in [2.24, 2.45) is 10.9 Å². The second kappa shape index (κ2) is 12.9. The van der Waals surface area contributed by atoms with Crippen LogP contribution in [-0.4, -0.2) is 52.3 Å². The molecular formula is C22H36N4O3. The Morgan fingerprint density at radius 2 is 1.76 bits per heavy atom. The summed E-state index contributed by atoms with van der Waals surface area (Å²) in [6.45, 7) is 4.74. The first-order valence-corrected chi connectivity index (χ1v) is 10.7. The van der Waals surface area contributed by atoms with Crippen LogP contribution >= 0.6 is 0 Å². The summed E-state index contributed by atoms with van der Waals surface area (Å²) < 4.78 is 10.6. The third kappa shape index (κ3) is 7.83. The lowest BCUT2D eigenvalue weighted by Gasteiger charge is -2.21. The Hall–Kier alpha value is -2.44. The van der Waals surface area contributed by atoms with Crippen molar-refractivity contribution in [3.63, 3.8) is 0 Å². The van der Waals surface area contributed by atoms with E-state index in [1.807, 2.05) is 25.1 Å². The lowest BCUT2D eigenvalue weighted by molar-refractivity contribution is -0.125. The number of benzene rings is 1. The second-order valence-electron chi connectivity index (χ2n) is 7.25. The number of hydrogen-bond acceptors (Lipinski definition) is 4. The number of amides is 1. The van der Waals surface area contributed by atoms with E-state index in [0.29, 0.717) is 19.6 Å². The van der Waals surface area contributed by atoms with Crippen LogP contribution in [0.25, 0.3) is 0 Å². The van der Waals surface area contributed by atoms with Crippen LogP contribution in [0.3, 0.4) is 0 Å². The molecule has 0 radical (unpaired) electrons. The number of aliphatic imine (C=N–C) groups is 1. The van der Waals surface area contributed by atoms with Gasteiger partial charge in [0.2, 0.25) is 5.91 Å². The van der Waals surface area contributed by atoms with Crippen LogP contribution < -0.4 is 25.4 Å². The maximum Gasteiger partial charge on any atom is 0.223 e. The lowest BCUT2D eigenvalue weighted by atomic mass is 9.89. The number of methoxy groups -OCH3 is 2. The Morgan fingerprint density at radius 1 is 1.03 bits per heavy atom. The highest BCUT2D eigenvalue weighted by Crippen LogP contribution is 2.27. The number of guanidine groups is 1. The van der Waals surface area contributed by atoms with Crippen LogP contribution in [0.4, 0.5) is 0 Å². The molecule has 1 aromatic carbocycles. The van der Waals surface area contributed by atoms with Crippen molar-refractivity contribution in [3.8, 4) is 11.5 Å². The third-order valence-corrected chi connectivity index (χ3v) is 5.16. The molecule has 0 saturated heterocycles. The quantitative estimate of drug-likeness (QED) is 0.317. The number of carbonyl (C=O) groups is 1. The molecule has 1 aliphatic rings. The maximum absolute atomic E-state index is 12.2. The molecule has 1 aliphatic carbocycles. The van der Waals surface area contributed by atoms with Crippen molar-refractivity contribution in [1.29, 1.82) is 0 Å². The van der Waals surface area contributed by atoms with Gasteiger partial charge in [-0.25, -0.2) is 0 Å². The lowest BCUT2D eigenvalue weighted by Crippen LogP contribution is -2.42. The Balaban J connectivity index is 1.75. The highest BCUT2D eigenvalue weighted by atomic mass is 16.5. The van der Waals surface area contributed by atoms with E-state index in [1.165, 1.54) is 19.3 Å². The molecule has 162 valence electrons. The van der Waals surface area contributed by atoms with E-state index in [4.69, 9.17) is 9.47 Å². The minimum absolute atomic E-state index is 0.196. The number of nitrogens with zero attached hydrogens (tertiary/aromatic N) is 1. The molecule has 0 bridgehead atoms. The highest BCUT2D eigenvalue weighted by molar-refractivity contribution is 5.80. The van der Waals surface area contributed by atoms with E-state index in [-0.39, 0.29) is 11.8 Å². The number of nitrogens with one attached hydrogen (secondary N) is 3. The van der Waals surface area contributed by atoms with Crippen LogP contribution in [0.1, 0.15) is 44.6 Å². The highest BCUT2D eigenvalue weighted by Gasteiger charge is 2.20. The predicted molar refractivity (Wildman–Crippen MR) is 117 cm³/mol. The first-order valence-electron chi connectivity index (χ1n) is 10.7. The summed E-state index contributed by atoms with van der Waals surface area (Å²) in [5.74, 6) is 2.62. The average molecular weight is 405 g/mol. The first kappa shape index (κ1) is 22.8. The van der Waals surface area contributed by atoms with Crippen molar-refractivity contribution in [3.05, 3.63) is 23.8 Å². The summed E-state index contributed by atoms with van der Waals surface area (Å²) in [5, 5.41) is 9.57. The summed E-state index contributed by atoms with van der Waals surface area (Å²) in [5.41, 5.74) is 1.14. The van der Waals surface area contributed by atoms with Gasteiger partial charge in [-0.3, -0.25) is 9.79 Å². The molecule has 2 rings (SSSR count). The van der Waals surface area contributed by atoms with Gasteiger partial charge in [-0.05, 0) is 43.9 Å². The number of carbonyl (C=O) groups excluding carboxylic acids is 1. The van der Waals surface area contributed by atoms with E-state index in [2.05, 4.69) is 20.9 Å². The molecule has 1 aromatic rings. The summed E-state index contributed by atoms with van der Waals surface area (Å²) >= 11 is 0. The van der Waals surface area contributed by atoms with Gasteiger partial charge in [0.15, 0.2) is 17.5 Å². The fourth-order valence-electron chi connectivity index (χ4n) is 3.55. The minimum Gasteiger partial charge on any atom is -0.493 e. The van der Waals surface area contributed by atoms with Crippen LogP contribution in [0, 0.1) is 5.92 Å². The van der Waals surface area contributed by atoms with Gasteiger partial charge in [0.1, 0.15) is 0 Å². The molecule has 1 fully saturated rings. The monoisotopic (exact) mass is 404 g/mol. The predicted octanol–water partition coefficient (Wildman–Crippen LogP) is 2.50. The molecule has 1 saturated carbocycles. The summed E-state index contributed by atoms with van der Waals surface area (Å²) in [4.78, 5) is 16.8. The molecule has 3 N–H and O–H groups in total. The van der Waals surface area contributed by atoms with Crippen molar-refractivity contribution in [1.82, 2.24) is 16.0 Å². The van der Waals surface area contributed by atoms with E-state index in [1.54, 1.807) is 14.2 Å². The first-order chi connectivity index (χ1) is 14.2. The standard InChI is InChI=1S/C22H36N4O3/c1-4-23-22(26-15-14-24-21(27)18-8-6-5-7-9-18)25-13-12-17-10-11-19(28-2)20(16-17)29-3/h10-11,16,18H,4-9,12-15H2,1-3H3,(H,24,27)(H2,23,25,26). The van der Waals surface area contributed by atoms with Gasteiger partial charge in [-0.2, -0.15) is 0 Å². The van der Waals surface area contributed by atoms with Gasteiger partial charge in [0.25, 0.3) is 0 Å². The van der Waals surface area contributed by atoms with E-state index in [0.717, 1.165) is 48.8 Å². The van der Waals surface area contributed by atoms with E-state index >= 15 is 0 Å². The summed E-state index contributed by atoms with van der Waals surface area (Å²) in [6.07, 6.45) is 6.47. The molecule has 7 heteroatoms. The number of hydrogen-bond donors (Lipinski definition) is 3. The minimum atomic E-state index is 0.196. The van der Waals surface area contributed by atoms with E-state index < -0.39 is 0 Å². The van der Waals surface area contributed by atoms with Crippen LogP contribution in [0.2, 0.25) is 0 Å². The zero-order valence-corrected chi connectivity index (χ0v) is 18.1. The SMILES string of the molecule is CCNC(=NCCc1ccc(OC)c(OC)c1)NCCNC(=O)C1CCCCC1. The van der Waals surface area contributed by atoms with Gasteiger partial charge in [-0.1, -0.05) is 25.3 Å². The topological polar surface area (TPSA) is 84.0 Å². The summed E-state index contributed by atoms with van der Waals surface area (Å²) in [7, 11) is 3.27. The number of ether oxygens (including phenoxy) is 2. The second-order valence-corrected chi connectivity index (χ2v) is 7.25. The Labute approximate surface area is 174 Å². The van der Waals surface area contributed by atoms with Crippen LogP contribution in [0.15, 0.2) is 23.2 Å². The molecule has 1 amide bonds. The van der Waals surface area contributed by atoms with Crippen molar-refractivity contribution >= 4 is 11.9 Å². The van der Waals surface area contributed by atoms with Crippen molar-refractivity contribution < 1.29 is 14.3 Å². The van der Waals surface area contributed by atoms with Gasteiger partial charge < -0.3 is 25.4 Å². The Morgan fingerprint density at radius 3 is 2.45 bits per heavy atom. The molecule has 29 heavy (non-hydrogen) atoms. The zero-order chi connectivity index (χ0) is 20.9. The van der Waals surface area contributed by atoms with Crippen molar-refractivity contribution in [2.75, 3.05) is 40.4 Å². The van der Waals surface area contributed by atoms with Gasteiger partial charge in [0, 0.05) is 32.1 Å². The Bertz CT molecular complexity index is 657. The molecule has 0 unspecified atom stereocenters. The molecule has 0 aliphatic heterocycles. The molecule has 0 aromatic heterocycles. The largest absolute Gasteiger partial charge is 0.493 e. The molecule has 0 atom stereocenters. The van der Waals surface area contributed by atoms with Crippen molar-refractivity contribution in [2.45, 2.75) is 45.4 Å². The molecule has 0 heterocycles. The van der Waals surface area contributed by atoms with Gasteiger partial charge in [0.05, 0.1) is 14.2 Å². The Kier molecular flexibility index (Phi) is 10.2. The molecule has 7 nitrogen and oxygen atoms in total. The third-order valence-electron chi connectivity index (χ3n) is 5.16. The average Bonchev–Trinajstić information content (AvgIpc) is 2.76. The zero-order valence-electron chi connectivity index (χ0n) is 18.1. The van der Waals surface area contributed by atoms with Gasteiger partial charge in [-0.15, -0.1) is 0 Å². The molecule has 0 spiro atoms. The number of rotatable bonds is 10. The molecular weight excluding hydrogens is 368 g/mol. The maximum atomic E-state index is 12.2. The smallest absolute Gasteiger partial charge is 0.223 e.